The standard InChI is InChI=1S/C33H37ClN8O/c1-3-31(43)35-25-5-4-6-26(22-25)36-32-29-21-23(34)7-12-30(29)38-33(39-32)37-24-8-10-27(11-9-24)41-15-13-28(14-16-41)42-19-17-40(2)18-20-42/h3-12,21-22,28H,1,13-20H2,2H3,(H,35,43)(H2,36,37,38,39). The summed E-state index contributed by atoms with van der Waals surface area (Å²) in [4.78, 5) is 28.9. The number of hydrogen-bond donors (Lipinski definition) is 3. The molecule has 2 saturated heterocycles. The summed E-state index contributed by atoms with van der Waals surface area (Å²) in [5.41, 5.74) is 4.30. The molecule has 0 unspecified atom stereocenters. The lowest BCUT2D eigenvalue weighted by Crippen LogP contribution is -2.52. The molecule has 43 heavy (non-hydrogen) atoms. The monoisotopic (exact) mass is 596 g/mol. The fraction of sp³-hybridized carbons (Fsp3) is 0.303. The second-order valence-electron chi connectivity index (χ2n) is 11.2. The number of piperazine rings is 1. The van der Waals surface area contributed by atoms with Crippen LogP contribution in [0.4, 0.5) is 34.5 Å². The molecular weight excluding hydrogens is 560 g/mol. The second kappa shape index (κ2) is 13.0. The van der Waals surface area contributed by atoms with Crippen LogP contribution in [0.15, 0.2) is 79.4 Å². The minimum Gasteiger partial charge on any atom is -0.371 e. The Morgan fingerprint density at radius 3 is 2.37 bits per heavy atom. The molecule has 2 aliphatic heterocycles. The summed E-state index contributed by atoms with van der Waals surface area (Å²) in [6.07, 6.45) is 3.65. The van der Waals surface area contributed by atoms with Gasteiger partial charge in [0.1, 0.15) is 5.82 Å². The minimum atomic E-state index is -0.274. The van der Waals surface area contributed by atoms with Crippen molar-refractivity contribution in [1.82, 2.24) is 19.8 Å². The summed E-state index contributed by atoms with van der Waals surface area (Å²) in [6.45, 7) is 10.4. The van der Waals surface area contributed by atoms with E-state index in [4.69, 9.17) is 21.6 Å². The molecule has 10 heteroatoms. The number of fused-ring (bicyclic) bond motifs is 1. The number of likely N-dealkylation sites (N-methyl/N-ethyl adjacent to an activating group) is 1. The summed E-state index contributed by atoms with van der Waals surface area (Å²) in [5.74, 6) is 0.792. The Labute approximate surface area is 257 Å². The number of rotatable bonds is 8. The highest BCUT2D eigenvalue weighted by Gasteiger charge is 2.26. The summed E-state index contributed by atoms with van der Waals surface area (Å²) in [6, 6.07) is 22.1. The molecule has 1 aromatic heterocycles. The molecule has 2 aliphatic rings. The highest BCUT2D eigenvalue weighted by Crippen LogP contribution is 2.30. The Morgan fingerprint density at radius 1 is 0.884 bits per heavy atom. The second-order valence-corrected chi connectivity index (χ2v) is 11.6. The zero-order valence-electron chi connectivity index (χ0n) is 24.4. The van der Waals surface area contributed by atoms with Crippen molar-refractivity contribution in [2.75, 3.05) is 67.2 Å². The number of amides is 1. The number of piperidine rings is 1. The van der Waals surface area contributed by atoms with Crippen LogP contribution in [0.5, 0.6) is 0 Å². The summed E-state index contributed by atoms with van der Waals surface area (Å²) in [7, 11) is 2.21. The molecule has 0 bridgehead atoms. The first-order valence-electron chi connectivity index (χ1n) is 14.8. The van der Waals surface area contributed by atoms with Crippen LogP contribution in [0.3, 0.4) is 0 Å². The van der Waals surface area contributed by atoms with Gasteiger partial charge in [0, 0.05) is 78.5 Å². The van der Waals surface area contributed by atoms with Gasteiger partial charge in [-0.15, -0.1) is 0 Å². The lowest BCUT2D eigenvalue weighted by atomic mass is 10.0. The highest BCUT2D eigenvalue weighted by atomic mass is 35.5. The molecule has 6 rings (SSSR count). The van der Waals surface area contributed by atoms with Crippen LogP contribution in [0.25, 0.3) is 10.9 Å². The van der Waals surface area contributed by atoms with Crippen molar-refractivity contribution < 1.29 is 4.79 Å². The molecule has 0 aliphatic carbocycles. The van der Waals surface area contributed by atoms with Crippen molar-refractivity contribution in [2.24, 2.45) is 0 Å². The van der Waals surface area contributed by atoms with Crippen LogP contribution in [0, 0.1) is 0 Å². The zero-order valence-corrected chi connectivity index (χ0v) is 25.1. The maximum Gasteiger partial charge on any atom is 0.247 e. The van der Waals surface area contributed by atoms with Crippen molar-refractivity contribution in [3.8, 4) is 0 Å². The van der Waals surface area contributed by atoms with Gasteiger partial charge in [0.05, 0.1) is 5.52 Å². The van der Waals surface area contributed by atoms with Gasteiger partial charge in [0.25, 0.3) is 0 Å². The van der Waals surface area contributed by atoms with Gasteiger partial charge in [-0.1, -0.05) is 24.2 Å². The van der Waals surface area contributed by atoms with Gasteiger partial charge in [0.15, 0.2) is 0 Å². The van der Waals surface area contributed by atoms with E-state index < -0.39 is 0 Å². The number of nitrogens with one attached hydrogen (secondary N) is 3. The Hall–Kier alpha value is -4.18. The number of carbonyl (C=O) groups excluding carboxylic acids is 1. The Bertz CT molecular complexity index is 1590. The first kappa shape index (κ1) is 28.9. The molecule has 1 amide bonds. The number of nitrogens with zero attached hydrogens (tertiary/aromatic N) is 5. The average Bonchev–Trinajstić information content (AvgIpc) is 3.02. The van der Waals surface area contributed by atoms with E-state index >= 15 is 0 Å². The lowest BCUT2D eigenvalue weighted by Gasteiger charge is -2.42. The Balaban J connectivity index is 1.15. The van der Waals surface area contributed by atoms with Crippen molar-refractivity contribution in [3.63, 3.8) is 0 Å². The molecule has 3 N–H and O–H groups in total. The number of anilines is 6. The third-order valence-corrected chi connectivity index (χ3v) is 8.48. The van der Waals surface area contributed by atoms with Crippen molar-refractivity contribution in [2.45, 2.75) is 18.9 Å². The van der Waals surface area contributed by atoms with E-state index in [1.54, 1.807) is 0 Å². The van der Waals surface area contributed by atoms with E-state index in [9.17, 15) is 4.79 Å². The van der Waals surface area contributed by atoms with Crippen LogP contribution >= 0.6 is 11.6 Å². The van der Waals surface area contributed by atoms with Crippen LogP contribution in [-0.4, -0.2) is 78.0 Å². The number of aromatic nitrogens is 2. The molecule has 4 aromatic rings. The molecular formula is C33H37ClN8O. The van der Waals surface area contributed by atoms with Crippen LogP contribution in [0.2, 0.25) is 5.02 Å². The van der Waals surface area contributed by atoms with Gasteiger partial charge in [-0.05, 0) is 86.6 Å². The summed E-state index contributed by atoms with van der Waals surface area (Å²) < 4.78 is 0. The van der Waals surface area contributed by atoms with Crippen molar-refractivity contribution in [3.05, 3.63) is 84.4 Å². The normalized spacial score (nSPS) is 16.7. The van der Waals surface area contributed by atoms with Crippen LogP contribution < -0.4 is 20.9 Å². The summed E-state index contributed by atoms with van der Waals surface area (Å²) in [5, 5.41) is 10.9. The molecule has 0 spiro atoms. The van der Waals surface area contributed by atoms with Crippen molar-refractivity contribution in [1.29, 1.82) is 0 Å². The fourth-order valence-electron chi connectivity index (χ4n) is 5.82. The Kier molecular flexibility index (Phi) is 8.74. The lowest BCUT2D eigenvalue weighted by molar-refractivity contribution is -0.111. The number of carbonyl (C=O) groups is 1. The molecule has 0 radical (unpaired) electrons. The minimum absolute atomic E-state index is 0.274. The maximum absolute atomic E-state index is 11.8. The molecule has 3 aromatic carbocycles. The van der Waals surface area contributed by atoms with Gasteiger partial charge >= 0.3 is 0 Å². The molecule has 2 fully saturated rings. The van der Waals surface area contributed by atoms with Gasteiger partial charge in [-0.2, -0.15) is 4.98 Å². The molecule has 3 heterocycles. The molecule has 0 atom stereocenters. The third kappa shape index (κ3) is 7.07. The fourth-order valence-corrected chi connectivity index (χ4v) is 5.99. The summed E-state index contributed by atoms with van der Waals surface area (Å²) >= 11 is 6.33. The highest BCUT2D eigenvalue weighted by molar-refractivity contribution is 6.31. The number of halogens is 1. The Morgan fingerprint density at radius 2 is 1.63 bits per heavy atom. The predicted octanol–water partition coefficient (Wildman–Crippen LogP) is 6.11. The zero-order chi connectivity index (χ0) is 29.8. The van der Waals surface area contributed by atoms with E-state index in [1.165, 1.54) is 50.8 Å². The predicted molar refractivity (Wildman–Crippen MR) is 177 cm³/mol. The first-order chi connectivity index (χ1) is 20.9. The van der Waals surface area contributed by atoms with Gasteiger partial charge < -0.3 is 25.8 Å². The van der Waals surface area contributed by atoms with Crippen LogP contribution in [-0.2, 0) is 4.79 Å². The van der Waals surface area contributed by atoms with Crippen molar-refractivity contribution >= 4 is 62.9 Å². The number of hydrogen-bond acceptors (Lipinski definition) is 8. The molecule has 0 saturated carbocycles. The van der Waals surface area contributed by atoms with Crippen LogP contribution in [0.1, 0.15) is 12.8 Å². The largest absolute Gasteiger partial charge is 0.371 e. The third-order valence-electron chi connectivity index (χ3n) is 8.24. The van der Waals surface area contributed by atoms with Gasteiger partial charge in [-0.25, -0.2) is 4.98 Å². The first-order valence-corrected chi connectivity index (χ1v) is 15.1. The van der Waals surface area contributed by atoms with Gasteiger partial charge in [0.2, 0.25) is 11.9 Å². The quantitative estimate of drug-likeness (QED) is 0.210. The molecule has 9 nitrogen and oxygen atoms in total. The topological polar surface area (TPSA) is 88.7 Å². The smallest absolute Gasteiger partial charge is 0.247 e. The number of benzene rings is 3. The maximum atomic E-state index is 11.8. The van der Waals surface area contributed by atoms with E-state index in [-0.39, 0.29) is 5.91 Å². The SMILES string of the molecule is C=CC(=O)Nc1cccc(Nc2nc(Nc3ccc(N4CCC(N5CCN(C)CC5)CC4)cc3)nc3ccc(Cl)cc23)c1. The average molecular weight is 597 g/mol. The van der Waals surface area contributed by atoms with E-state index in [0.717, 1.165) is 35.4 Å². The molecule has 222 valence electrons. The van der Waals surface area contributed by atoms with E-state index in [0.29, 0.717) is 28.5 Å². The van der Waals surface area contributed by atoms with Gasteiger partial charge in [-0.3, -0.25) is 9.69 Å². The van der Waals surface area contributed by atoms with E-state index in [2.05, 4.69) is 68.5 Å². The van der Waals surface area contributed by atoms with E-state index in [1.807, 2.05) is 42.5 Å².